The molecule has 0 spiro atoms. The second-order valence-electron chi connectivity index (χ2n) is 4.37. The number of halogens is 6. The number of hydrogen-bond donors (Lipinski definition) is 1. The van der Waals surface area contributed by atoms with E-state index in [2.05, 4.69) is 15.9 Å². The van der Waals surface area contributed by atoms with Crippen LogP contribution in [0.15, 0.2) is 45.8 Å². The lowest BCUT2D eigenvalue weighted by molar-refractivity contribution is -0.137. The molecule has 124 valence electrons. The first-order valence-electron chi connectivity index (χ1n) is 5.85. The van der Waals surface area contributed by atoms with Crippen molar-refractivity contribution in [2.75, 3.05) is 4.72 Å². The van der Waals surface area contributed by atoms with Crippen molar-refractivity contribution in [3.8, 4) is 0 Å². The molecule has 2 rings (SSSR count). The number of hydrogen-bond acceptors (Lipinski definition) is 2. The van der Waals surface area contributed by atoms with Gasteiger partial charge in [-0.1, -0.05) is 11.6 Å². The van der Waals surface area contributed by atoms with Crippen LogP contribution in [-0.2, 0) is 16.2 Å². The Hall–Kier alpha value is -1.32. The Morgan fingerprint density at radius 2 is 1.74 bits per heavy atom. The van der Waals surface area contributed by atoms with Gasteiger partial charge in [0.2, 0.25) is 0 Å². The van der Waals surface area contributed by atoms with E-state index < -0.39 is 32.6 Å². The van der Waals surface area contributed by atoms with Crippen molar-refractivity contribution in [3.63, 3.8) is 0 Å². The predicted octanol–water partition coefficient (Wildman–Crippen LogP) is 5.06. The second kappa shape index (κ2) is 6.29. The van der Waals surface area contributed by atoms with Crippen molar-refractivity contribution < 1.29 is 26.0 Å². The summed E-state index contributed by atoms with van der Waals surface area (Å²) in [6.45, 7) is 0. The molecule has 0 amide bonds. The van der Waals surface area contributed by atoms with E-state index in [-0.39, 0.29) is 15.1 Å². The van der Waals surface area contributed by atoms with E-state index >= 15 is 0 Å². The largest absolute Gasteiger partial charge is 0.416 e. The summed E-state index contributed by atoms with van der Waals surface area (Å²) in [5.74, 6) is -0.814. The average Bonchev–Trinajstić information content (AvgIpc) is 2.42. The molecular weight excluding hydrogens is 426 g/mol. The molecule has 23 heavy (non-hydrogen) atoms. The SMILES string of the molecule is O=S(=O)(Nc1cc(C(F)(F)F)ccc1Br)c1ccc(F)c(Cl)c1. The third kappa shape index (κ3) is 4.15. The summed E-state index contributed by atoms with van der Waals surface area (Å²) in [6, 6.07) is 5.17. The Bertz CT molecular complexity index is 856. The summed E-state index contributed by atoms with van der Waals surface area (Å²) < 4.78 is 77.7. The monoisotopic (exact) mass is 431 g/mol. The maximum Gasteiger partial charge on any atom is 0.416 e. The topological polar surface area (TPSA) is 46.2 Å². The summed E-state index contributed by atoms with van der Waals surface area (Å²) in [7, 11) is -4.24. The minimum absolute atomic E-state index is 0.113. The first-order chi connectivity index (χ1) is 10.5. The van der Waals surface area contributed by atoms with Gasteiger partial charge < -0.3 is 0 Å². The normalized spacial score (nSPS) is 12.3. The Morgan fingerprint density at radius 3 is 2.30 bits per heavy atom. The van der Waals surface area contributed by atoms with E-state index in [0.717, 1.165) is 30.3 Å². The van der Waals surface area contributed by atoms with E-state index in [1.807, 2.05) is 4.72 Å². The van der Waals surface area contributed by atoms with Crippen molar-refractivity contribution in [1.82, 2.24) is 0 Å². The highest BCUT2D eigenvalue weighted by Gasteiger charge is 2.31. The van der Waals surface area contributed by atoms with Crippen LogP contribution in [0, 0.1) is 5.82 Å². The Morgan fingerprint density at radius 1 is 1.09 bits per heavy atom. The fourth-order valence-corrected chi connectivity index (χ4v) is 3.45. The number of anilines is 1. The lowest BCUT2D eigenvalue weighted by Gasteiger charge is -2.13. The Kier molecular flexibility index (Phi) is 4.93. The molecule has 2 aromatic carbocycles. The second-order valence-corrected chi connectivity index (χ2v) is 7.32. The van der Waals surface area contributed by atoms with Crippen molar-refractivity contribution in [2.24, 2.45) is 0 Å². The molecule has 0 heterocycles. The average molecular weight is 433 g/mol. The standard InChI is InChI=1S/C13H7BrClF4NO2S/c14-9-3-1-7(13(17,18)19)5-12(9)20-23(21,22)8-2-4-11(16)10(15)6-8/h1-6,20H. The summed E-state index contributed by atoms with van der Waals surface area (Å²) in [6.07, 6.45) is -4.62. The molecule has 0 aliphatic carbocycles. The zero-order valence-corrected chi connectivity index (χ0v) is 14.1. The highest BCUT2D eigenvalue weighted by atomic mass is 79.9. The van der Waals surface area contributed by atoms with Gasteiger partial charge in [-0.2, -0.15) is 13.2 Å². The van der Waals surface area contributed by atoms with E-state index in [9.17, 15) is 26.0 Å². The van der Waals surface area contributed by atoms with E-state index in [4.69, 9.17) is 11.6 Å². The van der Waals surface area contributed by atoms with E-state index in [1.54, 1.807) is 0 Å². The summed E-state index contributed by atoms with van der Waals surface area (Å²) in [4.78, 5) is -0.381. The van der Waals surface area contributed by atoms with Gasteiger partial charge in [0, 0.05) is 4.47 Å². The zero-order valence-electron chi connectivity index (χ0n) is 11.0. The Balaban J connectivity index is 2.42. The van der Waals surface area contributed by atoms with Gasteiger partial charge in [-0.05, 0) is 52.3 Å². The molecule has 0 atom stereocenters. The van der Waals surface area contributed by atoms with Crippen LogP contribution >= 0.6 is 27.5 Å². The van der Waals surface area contributed by atoms with E-state index in [1.165, 1.54) is 0 Å². The quantitative estimate of drug-likeness (QED) is 0.689. The van der Waals surface area contributed by atoms with Crippen LogP contribution in [0.25, 0.3) is 0 Å². The fraction of sp³-hybridized carbons (Fsp3) is 0.0769. The van der Waals surface area contributed by atoms with E-state index in [0.29, 0.717) is 6.07 Å². The van der Waals surface area contributed by atoms with Gasteiger partial charge in [0.1, 0.15) is 5.82 Å². The fourth-order valence-electron chi connectivity index (χ4n) is 1.63. The number of nitrogens with one attached hydrogen (secondary N) is 1. The van der Waals surface area contributed by atoms with Gasteiger partial charge in [-0.3, -0.25) is 4.72 Å². The minimum Gasteiger partial charge on any atom is -0.278 e. The molecule has 0 aliphatic rings. The molecule has 1 N–H and O–H groups in total. The third-order valence-electron chi connectivity index (χ3n) is 2.74. The van der Waals surface area contributed by atoms with Gasteiger partial charge in [0.25, 0.3) is 10.0 Å². The molecular formula is C13H7BrClF4NO2S. The van der Waals surface area contributed by atoms with Gasteiger partial charge >= 0.3 is 6.18 Å². The molecule has 0 aliphatic heterocycles. The summed E-state index contributed by atoms with van der Waals surface area (Å²) in [5.41, 5.74) is -1.32. The highest BCUT2D eigenvalue weighted by molar-refractivity contribution is 9.10. The van der Waals surface area contributed by atoms with Crippen LogP contribution in [0.4, 0.5) is 23.2 Å². The lowest BCUT2D eigenvalue weighted by Crippen LogP contribution is -2.14. The maximum atomic E-state index is 13.1. The molecule has 0 bridgehead atoms. The van der Waals surface area contributed by atoms with Crippen LogP contribution in [0.3, 0.4) is 0 Å². The third-order valence-corrected chi connectivity index (χ3v) is 5.08. The van der Waals surface area contributed by atoms with Gasteiger partial charge in [0.05, 0.1) is 21.2 Å². The van der Waals surface area contributed by atoms with Crippen LogP contribution in [0.1, 0.15) is 5.56 Å². The van der Waals surface area contributed by atoms with Gasteiger partial charge in [0.15, 0.2) is 0 Å². The molecule has 0 saturated carbocycles. The number of rotatable bonds is 3. The Labute approximate surface area is 142 Å². The first kappa shape index (κ1) is 18.0. The van der Waals surface area contributed by atoms with Gasteiger partial charge in [-0.25, -0.2) is 12.8 Å². The maximum absolute atomic E-state index is 13.1. The molecule has 3 nitrogen and oxygen atoms in total. The van der Waals surface area contributed by atoms with Crippen LogP contribution < -0.4 is 4.72 Å². The molecule has 0 saturated heterocycles. The number of sulfonamides is 1. The van der Waals surface area contributed by atoms with Crippen molar-refractivity contribution in [3.05, 3.63) is 57.3 Å². The number of alkyl halides is 3. The highest BCUT2D eigenvalue weighted by Crippen LogP contribution is 2.35. The molecule has 0 aromatic heterocycles. The van der Waals surface area contributed by atoms with Crippen molar-refractivity contribution >= 4 is 43.2 Å². The molecule has 10 heteroatoms. The minimum atomic E-state index is -4.62. The van der Waals surface area contributed by atoms with Crippen LogP contribution in [0.5, 0.6) is 0 Å². The predicted molar refractivity (Wildman–Crippen MR) is 81.4 cm³/mol. The molecule has 0 radical (unpaired) electrons. The number of benzene rings is 2. The summed E-state index contributed by atoms with van der Waals surface area (Å²) >= 11 is 8.48. The molecule has 0 unspecified atom stereocenters. The van der Waals surface area contributed by atoms with Crippen molar-refractivity contribution in [2.45, 2.75) is 11.1 Å². The molecule has 2 aromatic rings. The molecule has 0 fully saturated rings. The summed E-state index contributed by atoms with van der Waals surface area (Å²) in [5, 5.41) is -0.420. The zero-order chi connectivity index (χ0) is 17.4. The van der Waals surface area contributed by atoms with Gasteiger partial charge in [-0.15, -0.1) is 0 Å². The smallest absolute Gasteiger partial charge is 0.278 e. The first-order valence-corrected chi connectivity index (χ1v) is 8.51. The lowest BCUT2D eigenvalue weighted by atomic mass is 10.2. The van der Waals surface area contributed by atoms with Crippen LogP contribution in [0.2, 0.25) is 5.02 Å². The van der Waals surface area contributed by atoms with Crippen molar-refractivity contribution in [1.29, 1.82) is 0 Å². The van der Waals surface area contributed by atoms with Crippen LogP contribution in [-0.4, -0.2) is 8.42 Å².